The molecule has 1 aromatic rings. The van der Waals surface area contributed by atoms with Gasteiger partial charge in [-0.2, -0.15) is 0 Å². The second kappa shape index (κ2) is 7.19. The molecular formula is C17H24N2O4. The number of hydrogen-bond donors (Lipinski definition) is 1. The molecule has 1 aromatic carbocycles. The second-order valence-corrected chi connectivity index (χ2v) is 5.92. The van der Waals surface area contributed by atoms with Crippen LogP contribution in [0.25, 0.3) is 0 Å². The molecule has 0 aliphatic carbocycles. The van der Waals surface area contributed by atoms with E-state index in [4.69, 9.17) is 14.2 Å². The number of likely N-dealkylation sites (tertiary alicyclic amines) is 1. The number of fused-ring (bicyclic) bond motifs is 1. The summed E-state index contributed by atoms with van der Waals surface area (Å²) in [5.41, 5.74) is 0.732. The molecule has 6 heteroatoms. The molecule has 0 bridgehead atoms. The number of piperidine rings is 1. The number of nitrogens with zero attached hydrogens (tertiary/aromatic N) is 1. The van der Waals surface area contributed by atoms with Gasteiger partial charge in [-0.1, -0.05) is 0 Å². The average molecular weight is 320 g/mol. The van der Waals surface area contributed by atoms with Gasteiger partial charge in [-0.25, -0.2) is 0 Å². The molecule has 1 amide bonds. The van der Waals surface area contributed by atoms with E-state index in [1.165, 1.54) is 0 Å². The summed E-state index contributed by atoms with van der Waals surface area (Å²) in [5, 5.41) is 2.96. The van der Waals surface area contributed by atoms with Gasteiger partial charge < -0.3 is 19.5 Å². The molecule has 1 atom stereocenters. The van der Waals surface area contributed by atoms with E-state index in [9.17, 15) is 4.79 Å². The first-order valence-corrected chi connectivity index (χ1v) is 8.23. The van der Waals surface area contributed by atoms with Crippen LogP contribution < -0.4 is 14.8 Å². The van der Waals surface area contributed by atoms with Crippen LogP contribution >= 0.6 is 0 Å². The highest BCUT2D eigenvalue weighted by molar-refractivity contribution is 5.94. The molecule has 0 radical (unpaired) electrons. The number of carbonyl (C=O) groups excluding carboxylic acids is 1. The summed E-state index contributed by atoms with van der Waals surface area (Å²) in [6, 6.07) is 5.28. The van der Waals surface area contributed by atoms with Crippen LogP contribution in [0.1, 0.15) is 26.7 Å². The zero-order valence-electron chi connectivity index (χ0n) is 13.7. The minimum atomic E-state index is -0.164. The molecule has 2 aliphatic heterocycles. The van der Waals surface area contributed by atoms with E-state index < -0.39 is 0 Å². The fraction of sp³-hybridized carbons (Fsp3) is 0.588. The maximum absolute atomic E-state index is 12.5. The standard InChI is InChI=1S/C17H24N2O4/c1-3-21-14-6-8-19(9-7-14)12(2)17(20)18-13-4-5-15-16(10-13)23-11-22-15/h4-5,10,12,14H,3,6-9,11H2,1-2H3,(H,18,20)/t12-/m0/s1. The molecule has 0 aromatic heterocycles. The van der Waals surface area contributed by atoms with Crippen molar-refractivity contribution in [1.82, 2.24) is 4.90 Å². The Kier molecular flexibility index (Phi) is 5.03. The summed E-state index contributed by atoms with van der Waals surface area (Å²) in [4.78, 5) is 14.7. The molecule has 0 unspecified atom stereocenters. The Morgan fingerprint density at radius 2 is 2.09 bits per heavy atom. The molecule has 126 valence electrons. The molecule has 1 N–H and O–H groups in total. The maximum atomic E-state index is 12.5. The van der Waals surface area contributed by atoms with Crippen molar-refractivity contribution in [2.75, 3.05) is 31.8 Å². The molecule has 6 nitrogen and oxygen atoms in total. The number of rotatable bonds is 5. The molecule has 0 saturated carbocycles. The van der Waals surface area contributed by atoms with Gasteiger partial charge in [0.15, 0.2) is 11.5 Å². The van der Waals surface area contributed by atoms with Crippen molar-refractivity contribution >= 4 is 11.6 Å². The number of benzene rings is 1. The van der Waals surface area contributed by atoms with Crippen LogP contribution in [0.15, 0.2) is 18.2 Å². The fourth-order valence-electron chi connectivity index (χ4n) is 3.05. The first-order valence-electron chi connectivity index (χ1n) is 8.23. The summed E-state index contributed by atoms with van der Waals surface area (Å²) in [6.45, 7) is 6.74. The third-order valence-corrected chi connectivity index (χ3v) is 4.45. The Morgan fingerprint density at radius 3 is 2.83 bits per heavy atom. The van der Waals surface area contributed by atoms with Crippen LogP contribution in [0.4, 0.5) is 5.69 Å². The Labute approximate surface area is 136 Å². The van der Waals surface area contributed by atoms with Crippen molar-refractivity contribution in [2.24, 2.45) is 0 Å². The Morgan fingerprint density at radius 1 is 1.35 bits per heavy atom. The van der Waals surface area contributed by atoms with Crippen molar-refractivity contribution in [3.8, 4) is 11.5 Å². The first-order chi connectivity index (χ1) is 11.2. The van der Waals surface area contributed by atoms with Crippen LogP contribution in [-0.4, -0.2) is 49.4 Å². The summed E-state index contributed by atoms with van der Waals surface area (Å²) >= 11 is 0. The van der Waals surface area contributed by atoms with Gasteiger partial charge in [-0.15, -0.1) is 0 Å². The Balaban J connectivity index is 1.54. The van der Waals surface area contributed by atoms with Crippen molar-refractivity contribution in [1.29, 1.82) is 0 Å². The SMILES string of the molecule is CCOC1CCN([C@@H](C)C(=O)Nc2ccc3c(c2)OCO3)CC1. The zero-order valence-corrected chi connectivity index (χ0v) is 13.7. The molecular weight excluding hydrogens is 296 g/mol. The van der Waals surface area contributed by atoms with Crippen LogP contribution in [0, 0.1) is 0 Å². The van der Waals surface area contributed by atoms with Crippen molar-refractivity contribution < 1.29 is 19.0 Å². The summed E-state index contributed by atoms with van der Waals surface area (Å²) in [6.07, 6.45) is 2.30. The molecule has 1 saturated heterocycles. The minimum Gasteiger partial charge on any atom is -0.454 e. The molecule has 3 rings (SSSR count). The number of amides is 1. The Hall–Kier alpha value is -1.79. The summed E-state index contributed by atoms with van der Waals surface area (Å²) in [5.74, 6) is 1.39. The van der Waals surface area contributed by atoms with E-state index in [0.717, 1.165) is 38.2 Å². The monoisotopic (exact) mass is 320 g/mol. The predicted octanol–water partition coefficient (Wildman–Crippen LogP) is 2.24. The number of nitrogens with one attached hydrogen (secondary N) is 1. The largest absolute Gasteiger partial charge is 0.454 e. The van der Waals surface area contributed by atoms with Gasteiger partial charge in [0.2, 0.25) is 12.7 Å². The lowest BCUT2D eigenvalue weighted by Gasteiger charge is -2.35. The highest BCUT2D eigenvalue weighted by atomic mass is 16.7. The van der Waals surface area contributed by atoms with E-state index in [2.05, 4.69) is 10.2 Å². The summed E-state index contributed by atoms with van der Waals surface area (Å²) in [7, 11) is 0. The van der Waals surface area contributed by atoms with E-state index in [1.807, 2.05) is 26.0 Å². The van der Waals surface area contributed by atoms with Crippen LogP contribution in [0.5, 0.6) is 11.5 Å². The highest BCUT2D eigenvalue weighted by Crippen LogP contribution is 2.34. The Bertz CT molecular complexity index is 556. The molecule has 0 spiro atoms. The third kappa shape index (κ3) is 3.76. The van der Waals surface area contributed by atoms with E-state index in [-0.39, 0.29) is 18.7 Å². The number of hydrogen-bond acceptors (Lipinski definition) is 5. The topological polar surface area (TPSA) is 60.0 Å². The quantitative estimate of drug-likeness (QED) is 0.901. The van der Waals surface area contributed by atoms with Crippen LogP contribution in [0.3, 0.4) is 0 Å². The van der Waals surface area contributed by atoms with Crippen LogP contribution in [0.2, 0.25) is 0 Å². The normalized spacial score (nSPS) is 19.6. The third-order valence-electron chi connectivity index (χ3n) is 4.45. The number of ether oxygens (including phenoxy) is 3. The zero-order chi connectivity index (χ0) is 16.2. The lowest BCUT2D eigenvalue weighted by Crippen LogP contribution is -2.47. The van der Waals surface area contributed by atoms with Crippen LogP contribution in [-0.2, 0) is 9.53 Å². The van der Waals surface area contributed by atoms with Gasteiger partial charge in [0, 0.05) is 31.5 Å². The molecule has 2 aliphatic rings. The lowest BCUT2D eigenvalue weighted by molar-refractivity contribution is -0.121. The van der Waals surface area contributed by atoms with Gasteiger partial charge in [-0.3, -0.25) is 9.69 Å². The predicted molar refractivity (Wildman–Crippen MR) is 86.9 cm³/mol. The smallest absolute Gasteiger partial charge is 0.241 e. The van der Waals surface area contributed by atoms with Gasteiger partial charge in [-0.05, 0) is 38.8 Å². The molecule has 1 fully saturated rings. The van der Waals surface area contributed by atoms with Gasteiger partial charge in [0.05, 0.1) is 12.1 Å². The number of anilines is 1. The van der Waals surface area contributed by atoms with Gasteiger partial charge >= 0.3 is 0 Å². The second-order valence-electron chi connectivity index (χ2n) is 5.92. The van der Waals surface area contributed by atoms with Crippen molar-refractivity contribution in [3.05, 3.63) is 18.2 Å². The van der Waals surface area contributed by atoms with Gasteiger partial charge in [0.25, 0.3) is 0 Å². The molecule has 23 heavy (non-hydrogen) atoms. The van der Waals surface area contributed by atoms with E-state index in [0.29, 0.717) is 17.6 Å². The molecule has 2 heterocycles. The maximum Gasteiger partial charge on any atom is 0.241 e. The minimum absolute atomic E-state index is 0.00118. The lowest BCUT2D eigenvalue weighted by atomic mass is 10.1. The van der Waals surface area contributed by atoms with Gasteiger partial charge in [0.1, 0.15) is 0 Å². The summed E-state index contributed by atoms with van der Waals surface area (Å²) < 4.78 is 16.3. The van der Waals surface area contributed by atoms with Crippen molar-refractivity contribution in [2.45, 2.75) is 38.8 Å². The highest BCUT2D eigenvalue weighted by Gasteiger charge is 2.27. The average Bonchev–Trinajstić information content (AvgIpc) is 3.03. The van der Waals surface area contributed by atoms with E-state index in [1.54, 1.807) is 6.07 Å². The fourth-order valence-corrected chi connectivity index (χ4v) is 3.05. The number of carbonyl (C=O) groups is 1. The first kappa shape index (κ1) is 16.1. The van der Waals surface area contributed by atoms with Crippen molar-refractivity contribution in [3.63, 3.8) is 0 Å². The van der Waals surface area contributed by atoms with E-state index >= 15 is 0 Å².